The largest absolute Gasteiger partial charge is 0.458 e. The average Bonchev–Trinajstić information content (AvgIpc) is 3.42. The average molecular weight is 349 g/mol. The quantitative estimate of drug-likeness (QED) is 0.590. The molecule has 1 aliphatic heterocycles. The van der Waals surface area contributed by atoms with E-state index in [9.17, 15) is 0 Å². The van der Waals surface area contributed by atoms with E-state index in [1.165, 1.54) is 5.69 Å². The molecule has 0 unspecified atom stereocenters. The Labute approximate surface area is 149 Å². The number of furan rings is 1. The molecule has 1 atom stereocenters. The van der Waals surface area contributed by atoms with Gasteiger partial charge in [0.25, 0.3) is 0 Å². The van der Waals surface area contributed by atoms with E-state index in [4.69, 9.17) is 4.42 Å². The number of aromatic nitrogens is 6. The van der Waals surface area contributed by atoms with Crippen molar-refractivity contribution in [1.82, 2.24) is 34.6 Å². The summed E-state index contributed by atoms with van der Waals surface area (Å²) in [5.41, 5.74) is 3.11. The summed E-state index contributed by atoms with van der Waals surface area (Å²) in [5, 5.41) is 6.91. The molecule has 5 rings (SSSR count). The van der Waals surface area contributed by atoms with Gasteiger partial charge in [-0.2, -0.15) is 5.10 Å². The van der Waals surface area contributed by atoms with E-state index in [-0.39, 0.29) is 6.04 Å². The Hall–Kier alpha value is -3.13. The van der Waals surface area contributed by atoms with Gasteiger partial charge in [0.05, 0.1) is 18.6 Å². The minimum absolute atomic E-state index is 0.00528. The second-order valence-corrected chi connectivity index (χ2v) is 6.52. The van der Waals surface area contributed by atoms with Gasteiger partial charge in [0, 0.05) is 44.3 Å². The number of hydrogen-bond donors (Lipinski definition) is 2. The fourth-order valence-corrected chi connectivity index (χ4v) is 3.62. The molecule has 1 aliphatic rings. The van der Waals surface area contributed by atoms with E-state index in [1.54, 1.807) is 12.5 Å². The zero-order valence-electron chi connectivity index (χ0n) is 14.4. The highest BCUT2D eigenvalue weighted by molar-refractivity contribution is 5.51. The number of fused-ring (bicyclic) bond motifs is 1. The molecule has 26 heavy (non-hydrogen) atoms. The lowest BCUT2D eigenvalue weighted by Crippen LogP contribution is -2.37. The van der Waals surface area contributed by atoms with Gasteiger partial charge in [-0.3, -0.25) is 10.00 Å². The van der Waals surface area contributed by atoms with Gasteiger partial charge < -0.3 is 14.0 Å². The molecule has 0 bridgehead atoms. The lowest BCUT2D eigenvalue weighted by Gasteiger charge is -2.33. The standard InChI is InChI=1S/C18H19N7O/c1-24-9-7-19-18(24)17-16-14(20-11-21-16)5-8-25(17)10-12-2-3-15(26-12)13-4-6-22-23-13/h2-4,6-7,9,11,17H,5,8,10H2,1H3,(H,20,21)(H,22,23)/t17-/m0/s1. The number of H-pyrrole nitrogens is 2. The maximum absolute atomic E-state index is 6.03. The van der Waals surface area contributed by atoms with Crippen LogP contribution in [0, 0.1) is 0 Å². The van der Waals surface area contributed by atoms with Crippen molar-refractivity contribution in [2.45, 2.75) is 19.0 Å². The van der Waals surface area contributed by atoms with Gasteiger partial charge in [0.15, 0.2) is 5.76 Å². The monoisotopic (exact) mass is 349 g/mol. The molecule has 0 fully saturated rings. The Morgan fingerprint density at radius 3 is 3.00 bits per heavy atom. The predicted octanol–water partition coefficient (Wildman–Crippen LogP) is 2.27. The summed E-state index contributed by atoms with van der Waals surface area (Å²) in [5.74, 6) is 2.69. The van der Waals surface area contributed by atoms with Crippen molar-refractivity contribution in [3.8, 4) is 11.5 Å². The van der Waals surface area contributed by atoms with Crippen molar-refractivity contribution >= 4 is 0 Å². The third-order valence-electron chi connectivity index (χ3n) is 4.91. The molecule has 5 heterocycles. The van der Waals surface area contributed by atoms with Crippen LogP contribution in [0.4, 0.5) is 0 Å². The van der Waals surface area contributed by atoms with Crippen LogP contribution in [-0.4, -0.2) is 41.2 Å². The van der Waals surface area contributed by atoms with Gasteiger partial charge in [0.2, 0.25) is 0 Å². The van der Waals surface area contributed by atoms with Crippen molar-refractivity contribution in [2.75, 3.05) is 6.54 Å². The lowest BCUT2D eigenvalue weighted by molar-refractivity contribution is 0.177. The minimum Gasteiger partial charge on any atom is -0.458 e. The fourth-order valence-electron chi connectivity index (χ4n) is 3.62. The van der Waals surface area contributed by atoms with Gasteiger partial charge >= 0.3 is 0 Å². The third-order valence-corrected chi connectivity index (χ3v) is 4.91. The van der Waals surface area contributed by atoms with Crippen LogP contribution in [-0.2, 0) is 20.0 Å². The van der Waals surface area contributed by atoms with Crippen LogP contribution >= 0.6 is 0 Å². The maximum atomic E-state index is 6.03. The molecular formula is C18H19N7O. The van der Waals surface area contributed by atoms with Crippen LogP contribution in [0.2, 0.25) is 0 Å². The Morgan fingerprint density at radius 1 is 1.23 bits per heavy atom. The van der Waals surface area contributed by atoms with Gasteiger partial charge in [-0.1, -0.05) is 0 Å². The summed E-state index contributed by atoms with van der Waals surface area (Å²) in [4.78, 5) is 14.8. The van der Waals surface area contributed by atoms with Crippen molar-refractivity contribution in [3.05, 3.63) is 66.1 Å². The molecule has 8 nitrogen and oxygen atoms in total. The topological polar surface area (TPSA) is 91.6 Å². The maximum Gasteiger partial charge on any atom is 0.152 e. The number of rotatable bonds is 4. The summed E-state index contributed by atoms with van der Waals surface area (Å²) in [7, 11) is 2.02. The molecule has 0 spiro atoms. The molecule has 4 aromatic rings. The lowest BCUT2D eigenvalue weighted by atomic mass is 10.0. The summed E-state index contributed by atoms with van der Waals surface area (Å²) >= 11 is 0. The van der Waals surface area contributed by atoms with E-state index >= 15 is 0 Å². The first-order chi connectivity index (χ1) is 12.8. The van der Waals surface area contributed by atoms with Gasteiger partial charge in [0.1, 0.15) is 23.3 Å². The van der Waals surface area contributed by atoms with E-state index in [1.807, 2.05) is 37.6 Å². The molecule has 8 heteroatoms. The van der Waals surface area contributed by atoms with E-state index in [0.717, 1.165) is 41.7 Å². The highest BCUT2D eigenvalue weighted by atomic mass is 16.3. The summed E-state index contributed by atoms with van der Waals surface area (Å²) in [6.45, 7) is 1.60. The van der Waals surface area contributed by atoms with Crippen molar-refractivity contribution in [1.29, 1.82) is 0 Å². The molecule has 0 radical (unpaired) electrons. The predicted molar refractivity (Wildman–Crippen MR) is 94.0 cm³/mol. The normalized spacial score (nSPS) is 17.5. The summed E-state index contributed by atoms with van der Waals surface area (Å²) in [6, 6.07) is 5.90. The molecule has 0 aromatic carbocycles. The Kier molecular flexibility index (Phi) is 3.49. The number of aromatic amines is 2. The van der Waals surface area contributed by atoms with Crippen molar-refractivity contribution in [2.24, 2.45) is 7.05 Å². The highest BCUT2D eigenvalue weighted by Crippen LogP contribution is 2.34. The number of imidazole rings is 2. The minimum atomic E-state index is 0.00528. The SMILES string of the molecule is Cn1ccnc1[C@@H]1c2nc[nH]c2CCN1Cc1ccc(-c2ccn[nH]2)o1. The highest BCUT2D eigenvalue weighted by Gasteiger charge is 2.34. The van der Waals surface area contributed by atoms with Crippen LogP contribution in [0.15, 0.2) is 47.5 Å². The Balaban J connectivity index is 1.47. The van der Waals surface area contributed by atoms with E-state index in [2.05, 4.69) is 34.6 Å². The number of aryl methyl sites for hydroxylation is 1. The molecule has 132 valence electrons. The molecule has 0 saturated carbocycles. The number of nitrogens with zero attached hydrogens (tertiary/aromatic N) is 5. The number of hydrogen-bond acceptors (Lipinski definition) is 5. The molecule has 2 N–H and O–H groups in total. The van der Waals surface area contributed by atoms with E-state index < -0.39 is 0 Å². The molecule has 0 saturated heterocycles. The molecule has 0 aliphatic carbocycles. The second kappa shape index (κ2) is 5.99. The van der Waals surface area contributed by atoms with Gasteiger partial charge in [-0.15, -0.1) is 0 Å². The second-order valence-electron chi connectivity index (χ2n) is 6.52. The first-order valence-electron chi connectivity index (χ1n) is 8.61. The van der Waals surface area contributed by atoms with Crippen LogP contribution < -0.4 is 0 Å². The molecule has 4 aromatic heterocycles. The Bertz CT molecular complexity index is 1010. The fraction of sp³-hybridized carbons (Fsp3) is 0.278. The van der Waals surface area contributed by atoms with Crippen LogP contribution in [0.25, 0.3) is 11.5 Å². The summed E-state index contributed by atoms with van der Waals surface area (Å²) in [6.07, 6.45) is 8.23. The van der Waals surface area contributed by atoms with Gasteiger partial charge in [-0.25, -0.2) is 9.97 Å². The third kappa shape index (κ3) is 2.46. The zero-order chi connectivity index (χ0) is 17.5. The summed E-state index contributed by atoms with van der Waals surface area (Å²) < 4.78 is 8.08. The first kappa shape index (κ1) is 15.2. The van der Waals surface area contributed by atoms with Gasteiger partial charge in [-0.05, 0) is 18.2 Å². The Morgan fingerprint density at radius 2 is 2.19 bits per heavy atom. The van der Waals surface area contributed by atoms with Crippen LogP contribution in [0.3, 0.4) is 0 Å². The van der Waals surface area contributed by atoms with Crippen LogP contribution in [0.1, 0.15) is 29.0 Å². The van der Waals surface area contributed by atoms with Crippen LogP contribution in [0.5, 0.6) is 0 Å². The van der Waals surface area contributed by atoms with Crippen molar-refractivity contribution in [3.63, 3.8) is 0 Å². The zero-order valence-corrected chi connectivity index (χ0v) is 14.4. The first-order valence-corrected chi connectivity index (χ1v) is 8.61. The van der Waals surface area contributed by atoms with E-state index in [0.29, 0.717) is 6.54 Å². The smallest absolute Gasteiger partial charge is 0.152 e. The molecule has 0 amide bonds. The number of nitrogens with one attached hydrogen (secondary N) is 2. The van der Waals surface area contributed by atoms with Crippen molar-refractivity contribution < 1.29 is 4.42 Å². The molecular weight excluding hydrogens is 330 g/mol.